The fourth-order valence-electron chi connectivity index (χ4n) is 1.64. The minimum atomic E-state index is -0.173. The van der Waals surface area contributed by atoms with Crippen molar-refractivity contribution in [2.75, 3.05) is 0 Å². The molecule has 0 atom stereocenters. The molecule has 1 aromatic carbocycles. The van der Waals surface area contributed by atoms with Crippen molar-refractivity contribution in [3.63, 3.8) is 0 Å². The summed E-state index contributed by atoms with van der Waals surface area (Å²) in [4.78, 5) is 28.2. The standard InChI is InChI=1S/C14H13IN2O2/c1-9-3-5-11(6-4-9)12(18)7-17-8-16-10(2)13(15)14(17)19/h3-6,8H,7H2,1-2H3. The molecule has 0 spiro atoms. The van der Waals surface area contributed by atoms with Crippen LogP contribution in [0.1, 0.15) is 21.6 Å². The summed E-state index contributed by atoms with van der Waals surface area (Å²) in [5.41, 5.74) is 2.21. The highest BCUT2D eigenvalue weighted by Gasteiger charge is 2.10. The first-order chi connectivity index (χ1) is 8.99. The Morgan fingerprint density at radius 3 is 2.53 bits per heavy atom. The van der Waals surface area contributed by atoms with Crippen molar-refractivity contribution in [2.45, 2.75) is 20.4 Å². The summed E-state index contributed by atoms with van der Waals surface area (Å²) >= 11 is 1.95. The Balaban J connectivity index is 2.27. The summed E-state index contributed by atoms with van der Waals surface area (Å²) in [6.45, 7) is 3.76. The van der Waals surface area contributed by atoms with Crippen molar-refractivity contribution in [1.82, 2.24) is 9.55 Å². The lowest BCUT2D eigenvalue weighted by Crippen LogP contribution is -2.27. The van der Waals surface area contributed by atoms with Gasteiger partial charge in [-0.3, -0.25) is 14.2 Å². The largest absolute Gasteiger partial charge is 0.292 e. The van der Waals surface area contributed by atoms with Gasteiger partial charge in [-0.1, -0.05) is 29.8 Å². The maximum atomic E-state index is 12.1. The number of aryl methyl sites for hydroxylation is 2. The van der Waals surface area contributed by atoms with Crippen molar-refractivity contribution in [1.29, 1.82) is 0 Å². The van der Waals surface area contributed by atoms with Crippen LogP contribution in [0.3, 0.4) is 0 Å². The minimum Gasteiger partial charge on any atom is -0.292 e. The Morgan fingerprint density at radius 2 is 1.89 bits per heavy atom. The van der Waals surface area contributed by atoms with Crippen molar-refractivity contribution in [3.05, 3.63) is 61.3 Å². The van der Waals surface area contributed by atoms with Crippen molar-refractivity contribution in [3.8, 4) is 0 Å². The number of rotatable bonds is 3. The zero-order valence-corrected chi connectivity index (χ0v) is 12.8. The van der Waals surface area contributed by atoms with Gasteiger partial charge in [0.05, 0.1) is 22.1 Å². The summed E-state index contributed by atoms with van der Waals surface area (Å²) < 4.78 is 1.90. The van der Waals surface area contributed by atoms with Gasteiger partial charge in [0.15, 0.2) is 5.78 Å². The van der Waals surface area contributed by atoms with E-state index in [-0.39, 0.29) is 17.9 Å². The van der Waals surface area contributed by atoms with Crippen molar-refractivity contribution in [2.24, 2.45) is 0 Å². The number of nitrogens with zero attached hydrogens (tertiary/aromatic N) is 2. The molecule has 2 rings (SSSR count). The molecule has 0 saturated heterocycles. The molecular formula is C14H13IN2O2. The first-order valence-corrected chi connectivity index (χ1v) is 6.88. The molecule has 98 valence electrons. The van der Waals surface area contributed by atoms with Crippen LogP contribution in [-0.4, -0.2) is 15.3 Å². The molecule has 0 saturated carbocycles. The van der Waals surface area contributed by atoms with Gasteiger partial charge in [0.2, 0.25) is 0 Å². The van der Waals surface area contributed by atoms with E-state index in [4.69, 9.17) is 0 Å². The monoisotopic (exact) mass is 368 g/mol. The average Bonchev–Trinajstić information content (AvgIpc) is 2.40. The first kappa shape index (κ1) is 13.9. The molecule has 0 unspecified atom stereocenters. The molecular weight excluding hydrogens is 355 g/mol. The number of carbonyl (C=O) groups is 1. The fourth-order valence-corrected chi connectivity index (χ4v) is 2.09. The second-order valence-corrected chi connectivity index (χ2v) is 5.44. The Bertz CT molecular complexity index is 675. The van der Waals surface area contributed by atoms with Crippen LogP contribution in [-0.2, 0) is 6.54 Å². The molecule has 0 fully saturated rings. The number of hydrogen-bond acceptors (Lipinski definition) is 3. The lowest BCUT2D eigenvalue weighted by molar-refractivity contribution is 0.0970. The highest BCUT2D eigenvalue weighted by atomic mass is 127. The van der Waals surface area contributed by atoms with E-state index in [1.807, 2.05) is 41.6 Å². The number of halogens is 1. The normalized spacial score (nSPS) is 10.5. The Morgan fingerprint density at radius 1 is 1.26 bits per heavy atom. The predicted octanol–water partition coefficient (Wildman–Crippen LogP) is 2.35. The fraction of sp³-hybridized carbons (Fsp3) is 0.214. The van der Waals surface area contributed by atoms with Crippen LogP contribution in [0.25, 0.3) is 0 Å². The number of carbonyl (C=O) groups excluding carboxylic acids is 1. The van der Waals surface area contributed by atoms with Gasteiger partial charge in [-0.25, -0.2) is 4.98 Å². The molecule has 4 nitrogen and oxygen atoms in total. The lowest BCUT2D eigenvalue weighted by Gasteiger charge is -2.06. The third kappa shape index (κ3) is 3.09. The molecule has 0 aliphatic heterocycles. The van der Waals surface area contributed by atoms with Gasteiger partial charge in [0.1, 0.15) is 0 Å². The molecule has 1 aromatic heterocycles. The zero-order valence-electron chi connectivity index (χ0n) is 10.7. The van der Waals surface area contributed by atoms with E-state index < -0.39 is 0 Å². The number of Topliss-reactive ketones (excluding diaryl/α,β-unsaturated/α-hetero) is 1. The lowest BCUT2D eigenvalue weighted by atomic mass is 10.1. The first-order valence-electron chi connectivity index (χ1n) is 5.80. The summed E-state index contributed by atoms with van der Waals surface area (Å²) in [5, 5.41) is 0. The summed E-state index contributed by atoms with van der Waals surface area (Å²) in [7, 11) is 0. The van der Waals surface area contributed by atoms with Gasteiger partial charge in [0, 0.05) is 5.56 Å². The van der Waals surface area contributed by atoms with Gasteiger partial charge in [0.25, 0.3) is 5.56 Å². The van der Waals surface area contributed by atoms with Crippen LogP contribution >= 0.6 is 22.6 Å². The van der Waals surface area contributed by atoms with Crippen LogP contribution in [0, 0.1) is 17.4 Å². The maximum absolute atomic E-state index is 12.1. The van der Waals surface area contributed by atoms with E-state index in [0.717, 1.165) is 5.56 Å². The van der Waals surface area contributed by atoms with E-state index in [1.165, 1.54) is 10.9 Å². The highest BCUT2D eigenvalue weighted by molar-refractivity contribution is 14.1. The second-order valence-electron chi connectivity index (χ2n) is 4.37. The number of hydrogen-bond donors (Lipinski definition) is 0. The van der Waals surface area contributed by atoms with Gasteiger partial charge < -0.3 is 0 Å². The van der Waals surface area contributed by atoms with Gasteiger partial charge in [-0.15, -0.1) is 0 Å². The molecule has 0 aliphatic rings. The molecule has 0 aliphatic carbocycles. The van der Waals surface area contributed by atoms with Crippen molar-refractivity contribution >= 4 is 28.4 Å². The van der Waals surface area contributed by atoms with Crippen LogP contribution < -0.4 is 5.56 Å². The summed E-state index contributed by atoms with van der Waals surface area (Å²) in [5.74, 6) is -0.0939. The second kappa shape index (κ2) is 5.64. The molecule has 2 aromatic rings. The van der Waals surface area contributed by atoms with Crippen LogP contribution in [0.5, 0.6) is 0 Å². The van der Waals surface area contributed by atoms with E-state index in [0.29, 0.717) is 14.8 Å². The third-order valence-electron chi connectivity index (χ3n) is 2.84. The zero-order chi connectivity index (χ0) is 14.0. The molecule has 0 amide bonds. The van der Waals surface area contributed by atoms with Crippen LogP contribution in [0.4, 0.5) is 0 Å². The number of benzene rings is 1. The van der Waals surface area contributed by atoms with Gasteiger partial charge in [-0.2, -0.15) is 0 Å². The molecule has 1 heterocycles. The Hall–Kier alpha value is -1.50. The van der Waals surface area contributed by atoms with Gasteiger partial charge >= 0.3 is 0 Å². The molecule has 0 radical (unpaired) electrons. The molecule has 0 N–H and O–H groups in total. The molecule has 5 heteroatoms. The van der Waals surface area contributed by atoms with E-state index in [9.17, 15) is 9.59 Å². The predicted molar refractivity (Wildman–Crippen MR) is 81.5 cm³/mol. The third-order valence-corrected chi connectivity index (χ3v) is 4.09. The topological polar surface area (TPSA) is 52.0 Å². The Labute approximate surface area is 124 Å². The Kier molecular flexibility index (Phi) is 4.14. The van der Waals surface area contributed by atoms with Crippen LogP contribution in [0.15, 0.2) is 35.4 Å². The van der Waals surface area contributed by atoms with E-state index in [2.05, 4.69) is 4.98 Å². The van der Waals surface area contributed by atoms with E-state index >= 15 is 0 Å². The SMILES string of the molecule is Cc1ccc(C(=O)Cn2cnc(C)c(I)c2=O)cc1. The number of ketones is 1. The summed E-state index contributed by atoms with van der Waals surface area (Å²) in [6.07, 6.45) is 1.42. The van der Waals surface area contributed by atoms with Crippen LogP contribution in [0.2, 0.25) is 0 Å². The summed E-state index contributed by atoms with van der Waals surface area (Å²) in [6, 6.07) is 7.31. The van der Waals surface area contributed by atoms with Gasteiger partial charge in [-0.05, 0) is 36.4 Å². The highest BCUT2D eigenvalue weighted by Crippen LogP contribution is 2.06. The average molecular weight is 368 g/mol. The number of aromatic nitrogens is 2. The van der Waals surface area contributed by atoms with Crippen molar-refractivity contribution < 1.29 is 4.79 Å². The van der Waals surface area contributed by atoms with E-state index in [1.54, 1.807) is 19.1 Å². The molecule has 19 heavy (non-hydrogen) atoms. The minimum absolute atomic E-state index is 0.0190. The maximum Gasteiger partial charge on any atom is 0.267 e. The smallest absolute Gasteiger partial charge is 0.267 e. The molecule has 0 bridgehead atoms. The quantitative estimate of drug-likeness (QED) is 0.618.